The molecule has 1 fully saturated rings. The Hall–Kier alpha value is -1.38. The summed E-state index contributed by atoms with van der Waals surface area (Å²) in [7, 11) is 1.50. The van der Waals surface area contributed by atoms with Crippen LogP contribution >= 0.6 is 0 Å². The first-order valence-electron chi connectivity index (χ1n) is 6.87. The second kappa shape index (κ2) is 7.41. The third kappa shape index (κ3) is 4.32. The topological polar surface area (TPSA) is 53.3 Å². The molecule has 1 aliphatic heterocycles. The van der Waals surface area contributed by atoms with E-state index < -0.39 is 10.8 Å². The third-order valence-electron chi connectivity index (χ3n) is 3.68. The van der Waals surface area contributed by atoms with E-state index >= 15 is 0 Å². The van der Waals surface area contributed by atoms with Gasteiger partial charge in [-0.15, -0.1) is 0 Å². The maximum absolute atomic E-state index is 11.3. The maximum atomic E-state index is 11.3. The van der Waals surface area contributed by atoms with Crippen LogP contribution in [0.15, 0.2) is 24.3 Å². The van der Waals surface area contributed by atoms with Gasteiger partial charge < -0.3 is 4.74 Å². The Labute approximate surface area is 122 Å². The normalized spacial score (nSPS) is 22.4. The van der Waals surface area contributed by atoms with Crippen molar-refractivity contribution >= 4 is 10.8 Å². The lowest BCUT2D eigenvalue weighted by Crippen LogP contribution is -2.39. The quantitative estimate of drug-likeness (QED) is 0.830. The molecule has 1 heterocycles. The summed E-state index contributed by atoms with van der Waals surface area (Å²) in [5.74, 6) is 2.44. The molecule has 20 heavy (non-hydrogen) atoms. The van der Waals surface area contributed by atoms with Crippen LogP contribution in [0.4, 0.5) is 0 Å². The molecule has 0 N–H and O–H groups in total. The summed E-state index contributed by atoms with van der Waals surface area (Å²) in [5, 5.41) is 8.72. The van der Waals surface area contributed by atoms with Crippen LogP contribution in [-0.4, -0.2) is 46.9 Å². The van der Waals surface area contributed by atoms with Crippen molar-refractivity contribution in [3.05, 3.63) is 29.8 Å². The van der Waals surface area contributed by atoms with E-state index in [4.69, 9.17) is 10.00 Å². The van der Waals surface area contributed by atoms with E-state index in [-0.39, 0.29) is 0 Å². The fraction of sp³-hybridized carbons (Fsp3) is 0.533. The second-order valence-electron chi connectivity index (χ2n) is 5.04. The smallest absolute Gasteiger partial charge is 0.119 e. The fourth-order valence-electron chi connectivity index (χ4n) is 2.34. The minimum absolute atomic E-state index is 0.525. The first-order valence-corrected chi connectivity index (χ1v) is 8.36. The van der Waals surface area contributed by atoms with Gasteiger partial charge in [-0.25, -0.2) is 0 Å². The first-order chi connectivity index (χ1) is 9.69. The van der Waals surface area contributed by atoms with E-state index in [1.807, 2.05) is 12.1 Å². The highest BCUT2D eigenvalue weighted by atomic mass is 32.2. The number of nitrogens with zero attached hydrogens (tertiary/aromatic N) is 2. The maximum Gasteiger partial charge on any atom is 0.119 e. The standard InChI is InChI=1S/C15H20N2O2S/c1-17(14-6-10-20(18)11-7-14)8-9-19-15-4-2-13(12-16)3-5-15/h2-5,14H,6-11H2,1H3. The number of rotatable bonds is 5. The van der Waals surface area contributed by atoms with Gasteiger partial charge in [0.25, 0.3) is 0 Å². The van der Waals surface area contributed by atoms with E-state index in [0.29, 0.717) is 18.2 Å². The van der Waals surface area contributed by atoms with Gasteiger partial charge in [0.15, 0.2) is 0 Å². The van der Waals surface area contributed by atoms with Gasteiger partial charge in [0.05, 0.1) is 11.6 Å². The van der Waals surface area contributed by atoms with E-state index in [1.165, 1.54) is 0 Å². The van der Waals surface area contributed by atoms with Crippen molar-refractivity contribution in [2.75, 3.05) is 31.7 Å². The molecule has 108 valence electrons. The van der Waals surface area contributed by atoms with Crippen LogP contribution < -0.4 is 4.74 Å². The second-order valence-corrected chi connectivity index (χ2v) is 6.74. The van der Waals surface area contributed by atoms with Crippen molar-refractivity contribution in [1.82, 2.24) is 4.90 Å². The Balaban J connectivity index is 1.72. The summed E-state index contributed by atoms with van der Waals surface area (Å²) in [4.78, 5) is 2.29. The fourth-order valence-corrected chi connectivity index (χ4v) is 3.61. The lowest BCUT2D eigenvalue weighted by Gasteiger charge is -2.30. The van der Waals surface area contributed by atoms with Gasteiger partial charge in [0.2, 0.25) is 0 Å². The number of hydrogen-bond acceptors (Lipinski definition) is 4. The molecular formula is C15H20N2O2S. The predicted molar refractivity (Wildman–Crippen MR) is 80.2 cm³/mol. The summed E-state index contributed by atoms with van der Waals surface area (Å²) in [6.07, 6.45) is 2.03. The highest BCUT2D eigenvalue weighted by molar-refractivity contribution is 7.85. The van der Waals surface area contributed by atoms with Crippen LogP contribution in [-0.2, 0) is 10.8 Å². The van der Waals surface area contributed by atoms with Gasteiger partial charge in [0, 0.05) is 34.9 Å². The molecule has 1 aliphatic rings. The Bertz CT molecular complexity index is 486. The summed E-state index contributed by atoms with van der Waals surface area (Å²) in [5.41, 5.74) is 0.643. The van der Waals surface area contributed by atoms with Crippen molar-refractivity contribution in [1.29, 1.82) is 5.26 Å². The molecule has 1 saturated heterocycles. The lowest BCUT2D eigenvalue weighted by molar-refractivity contribution is 0.182. The van der Waals surface area contributed by atoms with Crippen LogP contribution in [0.5, 0.6) is 5.75 Å². The number of likely N-dealkylation sites (N-methyl/N-ethyl adjacent to an activating group) is 1. The van der Waals surface area contributed by atoms with Crippen molar-refractivity contribution in [3.63, 3.8) is 0 Å². The van der Waals surface area contributed by atoms with Gasteiger partial charge in [-0.2, -0.15) is 5.26 Å². The number of hydrogen-bond donors (Lipinski definition) is 0. The molecule has 0 amide bonds. The van der Waals surface area contributed by atoms with Gasteiger partial charge in [-0.3, -0.25) is 9.11 Å². The summed E-state index contributed by atoms with van der Waals surface area (Å²) >= 11 is 0. The minimum atomic E-state index is -0.600. The van der Waals surface area contributed by atoms with Crippen molar-refractivity contribution in [3.8, 4) is 11.8 Å². The number of benzene rings is 1. The van der Waals surface area contributed by atoms with Crippen LogP contribution in [0.1, 0.15) is 18.4 Å². The van der Waals surface area contributed by atoms with E-state index in [2.05, 4.69) is 18.0 Å². The van der Waals surface area contributed by atoms with Crippen LogP contribution in [0.2, 0.25) is 0 Å². The molecule has 0 radical (unpaired) electrons. The molecule has 5 heteroatoms. The van der Waals surface area contributed by atoms with Crippen molar-refractivity contribution in [2.45, 2.75) is 18.9 Å². The Morgan fingerprint density at radius 2 is 2.00 bits per heavy atom. The van der Waals surface area contributed by atoms with Crippen molar-refractivity contribution in [2.24, 2.45) is 0 Å². The molecule has 0 atom stereocenters. The van der Waals surface area contributed by atoms with E-state index in [0.717, 1.165) is 36.6 Å². The molecule has 0 aromatic heterocycles. The summed E-state index contributed by atoms with van der Waals surface area (Å²) in [6.45, 7) is 1.49. The molecule has 4 nitrogen and oxygen atoms in total. The SMILES string of the molecule is CN(CCOc1ccc(C#N)cc1)C1CCS(=O)CC1. The van der Waals surface area contributed by atoms with Crippen LogP contribution in [0, 0.1) is 11.3 Å². The van der Waals surface area contributed by atoms with Gasteiger partial charge in [-0.1, -0.05) is 0 Å². The zero-order valence-electron chi connectivity index (χ0n) is 11.7. The molecule has 2 rings (SSSR count). The molecule has 0 saturated carbocycles. The third-order valence-corrected chi connectivity index (χ3v) is 5.06. The van der Waals surface area contributed by atoms with Gasteiger partial charge in [-0.05, 0) is 44.2 Å². The highest BCUT2D eigenvalue weighted by Gasteiger charge is 2.21. The Morgan fingerprint density at radius 3 is 2.60 bits per heavy atom. The molecule has 1 aromatic rings. The summed E-state index contributed by atoms with van der Waals surface area (Å²) < 4.78 is 17.0. The van der Waals surface area contributed by atoms with Crippen LogP contribution in [0.3, 0.4) is 0 Å². The average Bonchev–Trinajstić information content (AvgIpc) is 2.48. The zero-order chi connectivity index (χ0) is 14.4. The van der Waals surface area contributed by atoms with Crippen LogP contribution in [0.25, 0.3) is 0 Å². The zero-order valence-corrected chi connectivity index (χ0v) is 12.6. The number of ether oxygens (including phenoxy) is 1. The van der Waals surface area contributed by atoms with Crippen molar-refractivity contribution < 1.29 is 8.95 Å². The largest absolute Gasteiger partial charge is 0.492 e. The molecular weight excluding hydrogens is 272 g/mol. The number of nitriles is 1. The van der Waals surface area contributed by atoms with E-state index in [9.17, 15) is 4.21 Å². The minimum Gasteiger partial charge on any atom is -0.492 e. The van der Waals surface area contributed by atoms with E-state index in [1.54, 1.807) is 12.1 Å². The van der Waals surface area contributed by atoms with Gasteiger partial charge in [0.1, 0.15) is 12.4 Å². The van der Waals surface area contributed by atoms with Gasteiger partial charge >= 0.3 is 0 Å². The highest BCUT2D eigenvalue weighted by Crippen LogP contribution is 2.15. The monoisotopic (exact) mass is 292 g/mol. The summed E-state index contributed by atoms with van der Waals surface area (Å²) in [6, 6.07) is 9.77. The Morgan fingerprint density at radius 1 is 1.35 bits per heavy atom. The average molecular weight is 292 g/mol. The molecule has 1 aromatic carbocycles. The molecule has 0 aliphatic carbocycles. The Kier molecular flexibility index (Phi) is 5.57. The molecule has 0 unspecified atom stereocenters. The first kappa shape index (κ1) is 15.0. The predicted octanol–water partition coefficient (Wildman–Crippen LogP) is 1.78. The molecule has 0 bridgehead atoms. The lowest BCUT2D eigenvalue weighted by atomic mass is 10.1. The molecule has 0 spiro atoms.